The molecule has 0 saturated carbocycles. The van der Waals surface area contributed by atoms with E-state index in [2.05, 4.69) is 46.3 Å². The summed E-state index contributed by atoms with van der Waals surface area (Å²) >= 11 is 0. The van der Waals surface area contributed by atoms with Crippen LogP contribution in [0.3, 0.4) is 0 Å². The van der Waals surface area contributed by atoms with Gasteiger partial charge in [0.25, 0.3) is 0 Å². The second-order valence-corrected chi connectivity index (χ2v) is 6.12. The van der Waals surface area contributed by atoms with Crippen LogP contribution in [0, 0.1) is 0 Å². The van der Waals surface area contributed by atoms with Crippen molar-refractivity contribution in [2.24, 2.45) is 0 Å². The van der Waals surface area contributed by atoms with Crippen LogP contribution in [0.4, 0.5) is 0 Å². The molecule has 1 unspecified atom stereocenters. The highest BCUT2D eigenvalue weighted by Crippen LogP contribution is 2.23. The van der Waals surface area contributed by atoms with Crippen molar-refractivity contribution in [2.75, 3.05) is 32.7 Å². The maximum atomic E-state index is 3.45. The topological polar surface area (TPSA) is 18.5 Å². The largest absolute Gasteiger partial charge is 0.313 e. The fourth-order valence-corrected chi connectivity index (χ4v) is 3.58. The molecule has 20 heavy (non-hydrogen) atoms. The summed E-state index contributed by atoms with van der Waals surface area (Å²) in [6.45, 7) is 10.4. The number of hydrogen-bond donors (Lipinski definition) is 1. The van der Waals surface area contributed by atoms with Crippen molar-refractivity contribution in [3.05, 3.63) is 35.4 Å². The Balaban J connectivity index is 1.62. The Morgan fingerprint density at radius 3 is 2.85 bits per heavy atom. The molecule has 1 aromatic rings. The minimum absolute atomic E-state index is 0.824. The molecule has 2 saturated heterocycles. The van der Waals surface area contributed by atoms with Gasteiger partial charge in [0.1, 0.15) is 0 Å². The fourth-order valence-electron chi connectivity index (χ4n) is 3.58. The third-order valence-electron chi connectivity index (χ3n) is 4.75. The summed E-state index contributed by atoms with van der Waals surface area (Å²) in [5.41, 5.74) is 2.96. The maximum absolute atomic E-state index is 3.45. The van der Waals surface area contributed by atoms with Gasteiger partial charge in [-0.1, -0.05) is 31.2 Å². The SMILES string of the molecule is CCNCc1ccccc1CN1CCN2CCCC2C1. The molecule has 0 amide bonds. The minimum Gasteiger partial charge on any atom is -0.313 e. The van der Waals surface area contributed by atoms with E-state index >= 15 is 0 Å². The van der Waals surface area contributed by atoms with Crippen molar-refractivity contribution in [3.63, 3.8) is 0 Å². The van der Waals surface area contributed by atoms with E-state index in [-0.39, 0.29) is 0 Å². The molecule has 1 N–H and O–H groups in total. The van der Waals surface area contributed by atoms with Crippen LogP contribution in [0.5, 0.6) is 0 Å². The van der Waals surface area contributed by atoms with E-state index in [1.807, 2.05) is 0 Å². The van der Waals surface area contributed by atoms with Crippen LogP contribution in [-0.2, 0) is 13.1 Å². The fraction of sp³-hybridized carbons (Fsp3) is 0.647. The van der Waals surface area contributed by atoms with Gasteiger partial charge in [-0.2, -0.15) is 0 Å². The lowest BCUT2D eigenvalue weighted by atomic mass is 10.1. The van der Waals surface area contributed by atoms with Crippen LogP contribution in [0.2, 0.25) is 0 Å². The molecular weight excluding hydrogens is 246 g/mol. The first-order chi connectivity index (χ1) is 9.86. The quantitative estimate of drug-likeness (QED) is 0.886. The number of piperazine rings is 1. The first-order valence-corrected chi connectivity index (χ1v) is 8.10. The molecule has 1 atom stereocenters. The van der Waals surface area contributed by atoms with Gasteiger partial charge in [0, 0.05) is 38.8 Å². The number of nitrogens with zero attached hydrogens (tertiary/aromatic N) is 2. The molecule has 2 aliphatic heterocycles. The average Bonchev–Trinajstić information content (AvgIpc) is 2.94. The van der Waals surface area contributed by atoms with Crippen molar-refractivity contribution in [3.8, 4) is 0 Å². The number of hydrogen-bond acceptors (Lipinski definition) is 3. The summed E-state index contributed by atoms with van der Waals surface area (Å²) in [4.78, 5) is 5.33. The van der Waals surface area contributed by atoms with Crippen molar-refractivity contribution >= 4 is 0 Å². The van der Waals surface area contributed by atoms with Gasteiger partial charge in [0.05, 0.1) is 0 Å². The highest BCUT2D eigenvalue weighted by Gasteiger charge is 2.30. The summed E-state index contributed by atoms with van der Waals surface area (Å²) in [6, 6.07) is 9.73. The Labute approximate surface area is 123 Å². The van der Waals surface area contributed by atoms with Crippen LogP contribution in [0.25, 0.3) is 0 Å². The predicted octanol–water partition coefficient (Wildman–Crippen LogP) is 2.08. The smallest absolute Gasteiger partial charge is 0.0238 e. The number of benzene rings is 1. The van der Waals surface area contributed by atoms with E-state index in [4.69, 9.17) is 0 Å². The third-order valence-corrected chi connectivity index (χ3v) is 4.75. The Morgan fingerprint density at radius 2 is 2.00 bits per heavy atom. The molecule has 3 nitrogen and oxygen atoms in total. The molecule has 3 heteroatoms. The van der Waals surface area contributed by atoms with Crippen molar-refractivity contribution in [2.45, 2.75) is 38.9 Å². The molecule has 1 aromatic carbocycles. The van der Waals surface area contributed by atoms with Crippen molar-refractivity contribution in [1.82, 2.24) is 15.1 Å². The van der Waals surface area contributed by atoms with Crippen molar-refractivity contribution in [1.29, 1.82) is 0 Å². The van der Waals surface area contributed by atoms with Crippen LogP contribution in [-0.4, -0.2) is 48.6 Å². The molecule has 3 rings (SSSR count). The van der Waals surface area contributed by atoms with E-state index in [1.54, 1.807) is 0 Å². The lowest BCUT2D eigenvalue weighted by Crippen LogP contribution is -2.49. The minimum atomic E-state index is 0.824. The van der Waals surface area contributed by atoms with Gasteiger partial charge in [-0.15, -0.1) is 0 Å². The van der Waals surface area contributed by atoms with Gasteiger partial charge in [-0.25, -0.2) is 0 Å². The number of rotatable bonds is 5. The molecular formula is C17H27N3. The lowest BCUT2D eigenvalue weighted by Gasteiger charge is -2.37. The zero-order chi connectivity index (χ0) is 13.8. The van der Waals surface area contributed by atoms with Gasteiger partial charge in [0.2, 0.25) is 0 Å². The second-order valence-electron chi connectivity index (χ2n) is 6.12. The standard InChI is InChI=1S/C17H27N3/c1-2-18-12-15-6-3-4-7-16(15)13-19-10-11-20-9-5-8-17(20)14-19/h3-4,6-7,17-18H,2,5,8-14H2,1H3. The summed E-state index contributed by atoms with van der Waals surface area (Å²) in [7, 11) is 0. The monoisotopic (exact) mass is 273 g/mol. The summed E-state index contributed by atoms with van der Waals surface area (Å²) < 4.78 is 0. The molecule has 0 aliphatic carbocycles. The van der Waals surface area contributed by atoms with Crippen LogP contribution >= 0.6 is 0 Å². The van der Waals surface area contributed by atoms with Gasteiger partial charge in [0.15, 0.2) is 0 Å². The Hall–Kier alpha value is -0.900. The molecule has 2 fully saturated rings. The highest BCUT2D eigenvalue weighted by molar-refractivity contribution is 5.27. The Bertz CT molecular complexity index is 432. The van der Waals surface area contributed by atoms with Gasteiger partial charge in [-0.3, -0.25) is 9.80 Å². The molecule has 0 radical (unpaired) electrons. The number of fused-ring (bicyclic) bond motifs is 1. The zero-order valence-electron chi connectivity index (χ0n) is 12.6. The summed E-state index contributed by atoms with van der Waals surface area (Å²) in [6.07, 6.45) is 2.80. The van der Waals surface area contributed by atoms with E-state index in [9.17, 15) is 0 Å². The van der Waals surface area contributed by atoms with Crippen LogP contribution in [0.1, 0.15) is 30.9 Å². The first-order valence-electron chi connectivity index (χ1n) is 8.10. The highest BCUT2D eigenvalue weighted by atomic mass is 15.3. The molecule has 0 bridgehead atoms. The molecule has 0 spiro atoms. The molecule has 2 aliphatic rings. The normalized spacial score (nSPS) is 23.9. The lowest BCUT2D eigenvalue weighted by molar-refractivity contribution is 0.0991. The first kappa shape index (κ1) is 14.1. The van der Waals surface area contributed by atoms with Gasteiger partial charge in [-0.05, 0) is 37.1 Å². The zero-order valence-corrected chi connectivity index (χ0v) is 12.6. The van der Waals surface area contributed by atoms with Gasteiger partial charge < -0.3 is 5.32 Å². The van der Waals surface area contributed by atoms with E-state index in [0.29, 0.717) is 0 Å². The van der Waals surface area contributed by atoms with E-state index < -0.39 is 0 Å². The Kier molecular flexibility index (Phi) is 4.71. The average molecular weight is 273 g/mol. The summed E-state index contributed by atoms with van der Waals surface area (Å²) in [5.74, 6) is 0. The number of nitrogens with one attached hydrogen (secondary N) is 1. The van der Waals surface area contributed by atoms with E-state index in [1.165, 1.54) is 50.1 Å². The van der Waals surface area contributed by atoms with Crippen LogP contribution in [0.15, 0.2) is 24.3 Å². The molecule has 2 heterocycles. The molecule has 0 aromatic heterocycles. The Morgan fingerprint density at radius 1 is 1.15 bits per heavy atom. The van der Waals surface area contributed by atoms with Crippen LogP contribution < -0.4 is 5.32 Å². The maximum Gasteiger partial charge on any atom is 0.0238 e. The molecule has 110 valence electrons. The third kappa shape index (κ3) is 3.22. The second kappa shape index (κ2) is 6.70. The van der Waals surface area contributed by atoms with E-state index in [0.717, 1.165) is 25.7 Å². The van der Waals surface area contributed by atoms with Gasteiger partial charge >= 0.3 is 0 Å². The van der Waals surface area contributed by atoms with Crippen molar-refractivity contribution < 1.29 is 0 Å². The predicted molar refractivity (Wildman–Crippen MR) is 83.7 cm³/mol. The summed E-state index contributed by atoms with van der Waals surface area (Å²) in [5, 5.41) is 3.45.